The van der Waals surface area contributed by atoms with E-state index in [0.717, 1.165) is 26.2 Å². The molecule has 0 unspecified atom stereocenters. The molecule has 1 N–H and O–H groups in total. The van der Waals surface area contributed by atoms with Gasteiger partial charge >= 0.3 is 0 Å². The van der Waals surface area contributed by atoms with Crippen molar-refractivity contribution in [1.82, 2.24) is 10.2 Å². The van der Waals surface area contributed by atoms with Gasteiger partial charge in [-0.3, -0.25) is 9.59 Å². The van der Waals surface area contributed by atoms with Crippen molar-refractivity contribution in [3.8, 4) is 5.75 Å². The van der Waals surface area contributed by atoms with Crippen LogP contribution in [0.3, 0.4) is 0 Å². The van der Waals surface area contributed by atoms with Gasteiger partial charge in [0.05, 0.1) is 6.61 Å². The van der Waals surface area contributed by atoms with Crippen LogP contribution in [0.5, 0.6) is 5.75 Å². The van der Waals surface area contributed by atoms with Crippen LogP contribution in [0.1, 0.15) is 30.1 Å². The fourth-order valence-corrected chi connectivity index (χ4v) is 3.44. The highest BCUT2D eigenvalue weighted by Gasteiger charge is 2.37. The highest BCUT2D eigenvalue weighted by Crippen LogP contribution is 2.26. The minimum absolute atomic E-state index is 0. The molecule has 0 saturated carbocycles. The summed E-state index contributed by atoms with van der Waals surface area (Å²) in [5, 5.41) is 3.38. The number of hydrogen-bond acceptors (Lipinski definition) is 4. The Hall–Kier alpha value is -1.59. The lowest BCUT2D eigenvalue weighted by Gasteiger charge is -2.17. The first kappa shape index (κ1) is 18.7. The van der Waals surface area contributed by atoms with Crippen molar-refractivity contribution in [1.29, 1.82) is 0 Å². The molecule has 0 radical (unpaired) electrons. The summed E-state index contributed by atoms with van der Waals surface area (Å²) in [7, 11) is 0. The third-order valence-electron chi connectivity index (χ3n) is 4.79. The summed E-state index contributed by atoms with van der Waals surface area (Å²) in [6, 6.07) is 7.17. The number of ketones is 1. The Morgan fingerprint density at radius 2 is 1.96 bits per heavy atom. The second kappa shape index (κ2) is 8.49. The lowest BCUT2D eigenvalue weighted by molar-refractivity contribution is -0.130. The summed E-state index contributed by atoms with van der Waals surface area (Å²) >= 11 is 0. The maximum Gasteiger partial charge on any atom is 0.222 e. The molecule has 1 amide bonds. The molecule has 1 aromatic rings. The lowest BCUT2D eigenvalue weighted by atomic mass is 10.0. The van der Waals surface area contributed by atoms with E-state index < -0.39 is 0 Å². The summed E-state index contributed by atoms with van der Waals surface area (Å²) < 4.78 is 5.65. The Labute approximate surface area is 149 Å². The first-order valence-corrected chi connectivity index (χ1v) is 8.36. The van der Waals surface area contributed by atoms with Crippen LogP contribution in [0.15, 0.2) is 24.3 Å². The molecule has 132 valence electrons. The van der Waals surface area contributed by atoms with E-state index in [1.807, 2.05) is 17.0 Å². The zero-order chi connectivity index (χ0) is 16.2. The van der Waals surface area contributed by atoms with E-state index >= 15 is 0 Å². The molecule has 24 heavy (non-hydrogen) atoms. The number of amides is 1. The molecular formula is C18H25ClN2O3. The smallest absolute Gasteiger partial charge is 0.222 e. The van der Waals surface area contributed by atoms with Crippen LogP contribution < -0.4 is 10.1 Å². The number of carbonyl (C=O) groups is 2. The van der Waals surface area contributed by atoms with Crippen LogP contribution in [0.4, 0.5) is 0 Å². The van der Waals surface area contributed by atoms with Gasteiger partial charge in [-0.05, 0) is 37.3 Å². The quantitative estimate of drug-likeness (QED) is 0.629. The second-order valence-corrected chi connectivity index (χ2v) is 6.51. The van der Waals surface area contributed by atoms with Gasteiger partial charge in [0.15, 0.2) is 5.78 Å². The fraction of sp³-hybridized carbons (Fsp3) is 0.556. The van der Waals surface area contributed by atoms with Gasteiger partial charge in [0.1, 0.15) is 5.75 Å². The Bertz CT molecular complexity index is 581. The second-order valence-electron chi connectivity index (χ2n) is 6.51. The molecule has 2 saturated heterocycles. The van der Waals surface area contributed by atoms with E-state index in [-0.39, 0.29) is 24.1 Å². The van der Waals surface area contributed by atoms with Gasteiger partial charge in [-0.1, -0.05) is 12.1 Å². The average Bonchev–Trinajstić information content (AvgIpc) is 3.13. The summed E-state index contributed by atoms with van der Waals surface area (Å²) in [5.74, 6) is 2.24. The molecule has 2 aliphatic heterocycles. The van der Waals surface area contributed by atoms with E-state index in [0.29, 0.717) is 42.6 Å². The summed E-state index contributed by atoms with van der Waals surface area (Å²) in [4.78, 5) is 25.6. The summed E-state index contributed by atoms with van der Waals surface area (Å²) in [6.45, 7) is 5.93. The van der Waals surface area contributed by atoms with E-state index in [9.17, 15) is 9.59 Å². The molecule has 1 aromatic carbocycles. The maximum atomic E-state index is 12.2. The van der Waals surface area contributed by atoms with Crippen molar-refractivity contribution < 1.29 is 14.3 Å². The van der Waals surface area contributed by atoms with Gasteiger partial charge in [-0.15, -0.1) is 12.4 Å². The first-order valence-electron chi connectivity index (χ1n) is 8.36. The zero-order valence-electron chi connectivity index (χ0n) is 14.0. The number of benzene rings is 1. The van der Waals surface area contributed by atoms with E-state index in [2.05, 4.69) is 5.32 Å². The summed E-state index contributed by atoms with van der Waals surface area (Å²) in [6.07, 6.45) is 1.23. The lowest BCUT2D eigenvalue weighted by Crippen LogP contribution is -2.31. The molecule has 0 aromatic heterocycles. The average molecular weight is 353 g/mol. The van der Waals surface area contributed by atoms with Crippen LogP contribution >= 0.6 is 12.4 Å². The largest absolute Gasteiger partial charge is 0.494 e. The third-order valence-corrected chi connectivity index (χ3v) is 4.79. The number of nitrogens with one attached hydrogen (secondary N) is 1. The Balaban J connectivity index is 0.00000208. The van der Waals surface area contributed by atoms with Crippen molar-refractivity contribution >= 4 is 24.1 Å². The minimum atomic E-state index is 0. The fourth-order valence-electron chi connectivity index (χ4n) is 3.44. The van der Waals surface area contributed by atoms with Crippen molar-refractivity contribution in [3.63, 3.8) is 0 Å². The molecule has 2 heterocycles. The monoisotopic (exact) mass is 352 g/mol. The van der Waals surface area contributed by atoms with Crippen LogP contribution in [-0.4, -0.2) is 49.4 Å². The number of fused-ring (bicyclic) bond motifs is 1. The van der Waals surface area contributed by atoms with Crippen LogP contribution in [0, 0.1) is 11.8 Å². The Kier molecular flexibility index (Phi) is 6.63. The highest BCUT2D eigenvalue weighted by atomic mass is 35.5. The van der Waals surface area contributed by atoms with Gasteiger partial charge in [0.2, 0.25) is 5.91 Å². The van der Waals surface area contributed by atoms with Gasteiger partial charge in [-0.2, -0.15) is 0 Å². The topological polar surface area (TPSA) is 58.6 Å². The number of Topliss-reactive ketones (excluding diaryl/α,β-unsaturated/α-hetero) is 1. The SMILES string of the molecule is CC(=O)c1cccc(OCCCC(=O)N2C[C@H]3CNC[C@H]3C2)c1.Cl. The number of carbonyl (C=O) groups excluding carboxylic acids is 2. The molecule has 0 bridgehead atoms. The zero-order valence-corrected chi connectivity index (χ0v) is 14.8. The molecule has 2 aliphatic rings. The molecule has 2 fully saturated rings. The number of nitrogens with zero attached hydrogens (tertiary/aromatic N) is 1. The third kappa shape index (κ3) is 4.48. The van der Waals surface area contributed by atoms with Crippen molar-refractivity contribution in [2.75, 3.05) is 32.8 Å². The minimum Gasteiger partial charge on any atom is -0.494 e. The predicted molar refractivity (Wildman–Crippen MR) is 94.9 cm³/mol. The Morgan fingerprint density at radius 1 is 1.25 bits per heavy atom. The van der Waals surface area contributed by atoms with E-state index in [4.69, 9.17) is 4.74 Å². The highest BCUT2D eigenvalue weighted by molar-refractivity contribution is 5.94. The van der Waals surface area contributed by atoms with Crippen LogP contribution in [0.25, 0.3) is 0 Å². The molecule has 6 heteroatoms. The number of hydrogen-bond donors (Lipinski definition) is 1. The predicted octanol–water partition coefficient (Wildman–Crippen LogP) is 2.15. The standard InChI is InChI=1S/C18H24N2O3.ClH/c1-13(21)14-4-2-5-17(8-14)23-7-3-6-18(22)20-11-15-9-19-10-16(15)12-20;/h2,4-5,8,15-16,19H,3,6-7,9-12H2,1H3;1H/t15-,16+;. The normalized spacial score (nSPS) is 22.0. The van der Waals surface area contributed by atoms with Gasteiger partial charge < -0.3 is 15.0 Å². The Morgan fingerprint density at radius 3 is 2.62 bits per heavy atom. The molecular weight excluding hydrogens is 328 g/mol. The molecule has 0 spiro atoms. The summed E-state index contributed by atoms with van der Waals surface area (Å²) in [5.41, 5.74) is 0.649. The molecule has 5 nitrogen and oxygen atoms in total. The van der Waals surface area contributed by atoms with E-state index in [1.165, 1.54) is 0 Å². The van der Waals surface area contributed by atoms with Gasteiger partial charge in [0, 0.05) is 38.2 Å². The van der Waals surface area contributed by atoms with Crippen LogP contribution in [-0.2, 0) is 4.79 Å². The molecule has 0 aliphatic carbocycles. The number of likely N-dealkylation sites (tertiary alicyclic amines) is 1. The van der Waals surface area contributed by atoms with Crippen molar-refractivity contribution in [3.05, 3.63) is 29.8 Å². The van der Waals surface area contributed by atoms with Crippen molar-refractivity contribution in [2.45, 2.75) is 19.8 Å². The van der Waals surface area contributed by atoms with Gasteiger partial charge in [0.25, 0.3) is 0 Å². The van der Waals surface area contributed by atoms with Gasteiger partial charge in [-0.25, -0.2) is 0 Å². The number of rotatable bonds is 6. The first-order chi connectivity index (χ1) is 11.1. The molecule has 2 atom stereocenters. The number of ether oxygens (including phenoxy) is 1. The molecule has 3 rings (SSSR count). The maximum absolute atomic E-state index is 12.2. The van der Waals surface area contributed by atoms with Crippen LogP contribution in [0.2, 0.25) is 0 Å². The van der Waals surface area contributed by atoms with Crippen molar-refractivity contribution in [2.24, 2.45) is 11.8 Å². The van der Waals surface area contributed by atoms with E-state index in [1.54, 1.807) is 19.1 Å². The number of halogens is 1.